The molecule has 176 valence electrons. The molecule has 1 atom stereocenters. The number of nitrogens with two attached hydrogens (primary N) is 1. The number of primary amides is 1. The van der Waals surface area contributed by atoms with Gasteiger partial charge in [-0.3, -0.25) is 9.59 Å². The maximum atomic E-state index is 13.6. The van der Waals surface area contributed by atoms with Gasteiger partial charge in [-0.05, 0) is 35.1 Å². The highest BCUT2D eigenvalue weighted by molar-refractivity contribution is 5.88. The average Bonchev–Trinajstić information content (AvgIpc) is 2.91. The van der Waals surface area contributed by atoms with Crippen LogP contribution in [0.4, 0.5) is 0 Å². The van der Waals surface area contributed by atoms with Crippen molar-refractivity contribution in [3.63, 3.8) is 0 Å². The van der Waals surface area contributed by atoms with E-state index in [0.717, 1.165) is 22.3 Å². The molecule has 0 radical (unpaired) electrons. The van der Waals surface area contributed by atoms with E-state index in [1.54, 1.807) is 0 Å². The summed E-state index contributed by atoms with van der Waals surface area (Å²) in [6.07, 6.45) is 1.23. The molecule has 0 bridgehead atoms. The van der Waals surface area contributed by atoms with Gasteiger partial charge in [-0.1, -0.05) is 121 Å². The lowest BCUT2D eigenvalue weighted by Crippen LogP contribution is -2.47. The molecule has 4 aromatic carbocycles. The first-order chi connectivity index (χ1) is 17.1. The Morgan fingerprint density at radius 3 is 1.46 bits per heavy atom. The van der Waals surface area contributed by atoms with Crippen molar-refractivity contribution in [2.45, 2.75) is 30.7 Å². The van der Waals surface area contributed by atoms with Gasteiger partial charge in [0.1, 0.15) is 6.04 Å². The van der Waals surface area contributed by atoms with Crippen LogP contribution in [0.2, 0.25) is 0 Å². The predicted molar refractivity (Wildman–Crippen MR) is 140 cm³/mol. The minimum atomic E-state index is -0.747. The Kier molecular flexibility index (Phi) is 7.74. The second kappa shape index (κ2) is 11.3. The van der Waals surface area contributed by atoms with Crippen LogP contribution in [-0.4, -0.2) is 17.9 Å². The van der Waals surface area contributed by atoms with Crippen LogP contribution in [0.25, 0.3) is 0 Å². The van der Waals surface area contributed by atoms with Gasteiger partial charge in [-0.15, -0.1) is 0 Å². The molecule has 0 saturated carbocycles. The Labute approximate surface area is 206 Å². The molecule has 4 nitrogen and oxygen atoms in total. The van der Waals surface area contributed by atoms with Crippen molar-refractivity contribution in [2.75, 3.05) is 0 Å². The quantitative estimate of drug-likeness (QED) is 0.325. The predicted octanol–water partition coefficient (Wildman–Crippen LogP) is 5.01. The van der Waals surface area contributed by atoms with Crippen LogP contribution in [0.1, 0.15) is 35.1 Å². The number of benzene rings is 4. The van der Waals surface area contributed by atoms with Crippen LogP contribution >= 0.6 is 0 Å². The largest absolute Gasteiger partial charge is 0.368 e. The fourth-order valence-electron chi connectivity index (χ4n) is 4.70. The summed E-state index contributed by atoms with van der Waals surface area (Å²) in [7, 11) is 0. The Morgan fingerprint density at radius 2 is 1.06 bits per heavy atom. The average molecular weight is 463 g/mol. The van der Waals surface area contributed by atoms with Crippen molar-refractivity contribution >= 4 is 11.8 Å². The van der Waals surface area contributed by atoms with Crippen LogP contribution in [0.3, 0.4) is 0 Å². The van der Waals surface area contributed by atoms with Crippen LogP contribution in [-0.2, 0) is 21.4 Å². The van der Waals surface area contributed by atoms with Gasteiger partial charge in [0.2, 0.25) is 11.8 Å². The van der Waals surface area contributed by atoms with Gasteiger partial charge in [0.05, 0.1) is 5.41 Å². The van der Waals surface area contributed by atoms with E-state index in [1.807, 2.05) is 121 Å². The molecule has 0 aliphatic rings. The standard InChI is InChI=1S/C31H30N2O2/c32-30(35)28(22-21-24-13-5-1-6-14-24)33-29(34)23-31(25-15-7-2-8-16-25,26-17-9-3-10-18-26)27-19-11-4-12-20-27/h1-20,28H,21-23H2,(H2,32,35)(H,33,34)/t28-/m1/s1. The third kappa shape index (κ3) is 5.67. The monoisotopic (exact) mass is 462 g/mol. The fourth-order valence-corrected chi connectivity index (χ4v) is 4.70. The zero-order chi connectivity index (χ0) is 24.5. The fraction of sp³-hybridized carbons (Fsp3) is 0.161. The zero-order valence-corrected chi connectivity index (χ0v) is 19.6. The lowest BCUT2D eigenvalue weighted by atomic mass is 9.67. The molecule has 35 heavy (non-hydrogen) atoms. The topological polar surface area (TPSA) is 72.2 Å². The van der Waals surface area contributed by atoms with Crippen LogP contribution in [0.15, 0.2) is 121 Å². The van der Waals surface area contributed by atoms with Crippen molar-refractivity contribution in [3.8, 4) is 0 Å². The first-order valence-corrected chi connectivity index (χ1v) is 11.9. The first-order valence-electron chi connectivity index (χ1n) is 11.9. The van der Waals surface area contributed by atoms with E-state index in [0.29, 0.717) is 12.8 Å². The molecule has 0 spiro atoms. The Balaban J connectivity index is 1.67. The smallest absolute Gasteiger partial charge is 0.240 e. The second-order valence-corrected chi connectivity index (χ2v) is 8.73. The molecule has 4 aromatic rings. The highest BCUT2D eigenvalue weighted by atomic mass is 16.2. The highest BCUT2D eigenvalue weighted by Gasteiger charge is 2.39. The molecule has 4 heteroatoms. The normalized spacial score (nSPS) is 12.0. The third-order valence-corrected chi connectivity index (χ3v) is 6.47. The van der Waals surface area contributed by atoms with Gasteiger partial charge < -0.3 is 11.1 Å². The van der Waals surface area contributed by atoms with Crippen LogP contribution in [0, 0.1) is 0 Å². The number of carbonyl (C=O) groups excluding carboxylic acids is 2. The SMILES string of the molecule is NC(=O)[C@@H](CCc1ccccc1)NC(=O)CC(c1ccccc1)(c1ccccc1)c1ccccc1. The third-order valence-electron chi connectivity index (χ3n) is 6.47. The van der Waals surface area contributed by atoms with E-state index in [1.165, 1.54) is 0 Å². The number of rotatable bonds is 10. The maximum absolute atomic E-state index is 13.6. The lowest BCUT2D eigenvalue weighted by molar-refractivity contribution is -0.128. The highest BCUT2D eigenvalue weighted by Crippen LogP contribution is 2.42. The molecule has 0 saturated heterocycles. The molecular formula is C31H30N2O2. The van der Waals surface area contributed by atoms with E-state index < -0.39 is 17.4 Å². The Morgan fingerprint density at radius 1 is 0.657 bits per heavy atom. The van der Waals surface area contributed by atoms with Crippen molar-refractivity contribution in [2.24, 2.45) is 5.73 Å². The minimum absolute atomic E-state index is 0.139. The van der Waals surface area contributed by atoms with Crippen molar-refractivity contribution in [1.29, 1.82) is 0 Å². The molecular weight excluding hydrogens is 432 g/mol. The Hall–Kier alpha value is -4.18. The van der Waals surface area contributed by atoms with Crippen molar-refractivity contribution < 1.29 is 9.59 Å². The molecule has 0 unspecified atom stereocenters. The summed E-state index contributed by atoms with van der Waals surface area (Å²) >= 11 is 0. The van der Waals surface area contributed by atoms with Crippen molar-refractivity contribution in [3.05, 3.63) is 144 Å². The zero-order valence-electron chi connectivity index (χ0n) is 19.6. The number of hydrogen-bond acceptors (Lipinski definition) is 2. The molecule has 4 rings (SSSR count). The van der Waals surface area contributed by atoms with E-state index >= 15 is 0 Å². The van der Waals surface area contributed by atoms with Gasteiger partial charge in [0.25, 0.3) is 0 Å². The summed E-state index contributed by atoms with van der Waals surface area (Å²) in [5.41, 5.74) is 9.08. The molecule has 0 aliphatic heterocycles. The minimum Gasteiger partial charge on any atom is -0.368 e. The molecule has 2 amide bonds. The van der Waals surface area contributed by atoms with Gasteiger partial charge in [0, 0.05) is 6.42 Å². The maximum Gasteiger partial charge on any atom is 0.240 e. The number of amides is 2. The number of nitrogens with one attached hydrogen (secondary N) is 1. The van der Waals surface area contributed by atoms with E-state index in [2.05, 4.69) is 5.32 Å². The number of aryl methyl sites for hydroxylation is 1. The number of hydrogen-bond donors (Lipinski definition) is 2. The Bertz CT molecular complexity index is 1130. The van der Waals surface area contributed by atoms with Gasteiger partial charge in [-0.25, -0.2) is 0 Å². The molecule has 0 fully saturated rings. The summed E-state index contributed by atoms with van der Waals surface area (Å²) in [5.74, 6) is -0.752. The molecule has 0 aliphatic carbocycles. The summed E-state index contributed by atoms with van der Waals surface area (Å²) in [6, 6.07) is 39.3. The van der Waals surface area contributed by atoms with E-state index in [-0.39, 0.29) is 12.3 Å². The molecule has 3 N–H and O–H groups in total. The van der Waals surface area contributed by atoms with Gasteiger partial charge >= 0.3 is 0 Å². The number of carbonyl (C=O) groups is 2. The first kappa shape index (κ1) is 24.0. The van der Waals surface area contributed by atoms with Crippen LogP contribution in [0.5, 0.6) is 0 Å². The van der Waals surface area contributed by atoms with E-state index in [4.69, 9.17) is 5.73 Å². The lowest BCUT2D eigenvalue weighted by Gasteiger charge is -2.36. The second-order valence-electron chi connectivity index (χ2n) is 8.73. The molecule has 0 heterocycles. The van der Waals surface area contributed by atoms with Gasteiger partial charge in [-0.2, -0.15) is 0 Å². The van der Waals surface area contributed by atoms with Crippen molar-refractivity contribution in [1.82, 2.24) is 5.32 Å². The van der Waals surface area contributed by atoms with Crippen LogP contribution < -0.4 is 11.1 Å². The van der Waals surface area contributed by atoms with E-state index in [9.17, 15) is 9.59 Å². The summed E-state index contributed by atoms with van der Waals surface area (Å²) in [6.45, 7) is 0. The summed E-state index contributed by atoms with van der Waals surface area (Å²) < 4.78 is 0. The van der Waals surface area contributed by atoms with Gasteiger partial charge in [0.15, 0.2) is 0 Å². The summed E-state index contributed by atoms with van der Waals surface area (Å²) in [4.78, 5) is 25.8. The summed E-state index contributed by atoms with van der Waals surface area (Å²) in [5, 5.41) is 2.94. The molecule has 0 aromatic heterocycles.